The molecule has 1 unspecified atom stereocenters. The molecule has 1 atom stereocenters. The predicted octanol–water partition coefficient (Wildman–Crippen LogP) is 3.93. The Hall–Kier alpha value is -2.97. The van der Waals surface area contributed by atoms with Crippen molar-refractivity contribution in [1.82, 2.24) is 19.2 Å². The number of sulfonamides is 1. The number of amides is 1. The summed E-state index contributed by atoms with van der Waals surface area (Å²) < 4.78 is 29.6. The maximum absolute atomic E-state index is 13.1. The van der Waals surface area contributed by atoms with E-state index in [1.54, 1.807) is 35.0 Å². The standard InChI is InChI=1S/C24H28N4O3S/c1-19(20-9-11-22(12-10-20)27-16-13-25-18-27)26-24(29)21-7-6-8-23(17-21)32(30,31)28-14-4-2-3-5-15-28/h6-13,16-19H,2-5,14-15H2,1H3,(H,26,29). The molecular weight excluding hydrogens is 424 g/mol. The lowest BCUT2D eigenvalue weighted by Crippen LogP contribution is -2.32. The zero-order valence-electron chi connectivity index (χ0n) is 18.1. The van der Waals surface area contributed by atoms with Crippen LogP contribution in [0.3, 0.4) is 0 Å². The highest BCUT2D eigenvalue weighted by atomic mass is 32.2. The summed E-state index contributed by atoms with van der Waals surface area (Å²) in [5.74, 6) is -0.302. The molecule has 1 N–H and O–H groups in total. The minimum Gasteiger partial charge on any atom is -0.346 e. The van der Waals surface area contributed by atoms with Gasteiger partial charge in [-0.15, -0.1) is 0 Å². The van der Waals surface area contributed by atoms with Crippen LogP contribution in [-0.4, -0.2) is 41.3 Å². The molecule has 1 fully saturated rings. The lowest BCUT2D eigenvalue weighted by atomic mass is 10.1. The lowest BCUT2D eigenvalue weighted by Gasteiger charge is -2.20. The Morgan fingerprint density at radius 1 is 1.03 bits per heavy atom. The van der Waals surface area contributed by atoms with Crippen LogP contribution in [0.15, 0.2) is 72.1 Å². The maximum Gasteiger partial charge on any atom is 0.251 e. The van der Waals surface area contributed by atoms with E-state index in [1.165, 1.54) is 6.07 Å². The zero-order valence-corrected chi connectivity index (χ0v) is 19.0. The highest BCUT2D eigenvalue weighted by molar-refractivity contribution is 7.89. The van der Waals surface area contributed by atoms with Gasteiger partial charge in [-0.2, -0.15) is 4.31 Å². The van der Waals surface area contributed by atoms with E-state index in [-0.39, 0.29) is 16.8 Å². The van der Waals surface area contributed by atoms with Gasteiger partial charge in [0.2, 0.25) is 10.0 Å². The maximum atomic E-state index is 13.1. The third-order valence-corrected chi connectivity index (χ3v) is 7.74. The summed E-state index contributed by atoms with van der Waals surface area (Å²) in [5.41, 5.74) is 2.27. The van der Waals surface area contributed by atoms with Crippen LogP contribution in [0.4, 0.5) is 0 Å². The smallest absolute Gasteiger partial charge is 0.251 e. The number of nitrogens with zero attached hydrogens (tertiary/aromatic N) is 3. The molecule has 2 heterocycles. The topological polar surface area (TPSA) is 84.3 Å². The largest absolute Gasteiger partial charge is 0.346 e. The second-order valence-electron chi connectivity index (χ2n) is 8.10. The van der Waals surface area contributed by atoms with E-state index in [4.69, 9.17) is 0 Å². The normalized spacial score (nSPS) is 16.3. The van der Waals surface area contributed by atoms with Crippen molar-refractivity contribution in [3.8, 4) is 5.69 Å². The molecule has 0 bridgehead atoms. The van der Waals surface area contributed by atoms with Crippen LogP contribution in [0.25, 0.3) is 5.69 Å². The first kappa shape index (κ1) is 22.2. The van der Waals surface area contributed by atoms with Crippen molar-refractivity contribution < 1.29 is 13.2 Å². The van der Waals surface area contributed by atoms with Gasteiger partial charge in [0.25, 0.3) is 5.91 Å². The van der Waals surface area contributed by atoms with Crippen molar-refractivity contribution >= 4 is 15.9 Å². The summed E-state index contributed by atoms with van der Waals surface area (Å²) in [5, 5.41) is 2.97. The van der Waals surface area contributed by atoms with Gasteiger partial charge in [-0.25, -0.2) is 13.4 Å². The van der Waals surface area contributed by atoms with Crippen LogP contribution < -0.4 is 5.32 Å². The molecule has 2 aromatic carbocycles. The Balaban J connectivity index is 1.46. The average molecular weight is 453 g/mol. The minimum atomic E-state index is -3.60. The summed E-state index contributed by atoms with van der Waals surface area (Å²) in [4.78, 5) is 17.1. The van der Waals surface area contributed by atoms with E-state index in [1.807, 2.05) is 42.0 Å². The van der Waals surface area contributed by atoms with Gasteiger partial charge in [-0.3, -0.25) is 4.79 Å². The van der Waals surface area contributed by atoms with Crippen molar-refractivity contribution in [2.45, 2.75) is 43.5 Å². The van der Waals surface area contributed by atoms with E-state index in [9.17, 15) is 13.2 Å². The Bertz CT molecular complexity index is 1150. The summed E-state index contributed by atoms with van der Waals surface area (Å²) in [6.45, 7) is 2.97. The van der Waals surface area contributed by atoms with E-state index in [0.717, 1.165) is 36.9 Å². The fourth-order valence-corrected chi connectivity index (χ4v) is 5.50. The molecule has 1 aliphatic heterocycles. The van der Waals surface area contributed by atoms with E-state index >= 15 is 0 Å². The fourth-order valence-electron chi connectivity index (χ4n) is 3.94. The Labute approximate surface area is 189 Å². The van der Waals surface area contributed by atoms with Gasteiger partial charge in [0.15, 0.2) is 0 Å². The molecule has 32 heavy (non-hydrogen) atoms. The van der Waals surface area contributed by atoms with Gasteiger partial charge in [-0.1, -0.05) is 31.0 Å². The second kappa shape index (κ2) is 9.67. The number of imidazole rings is 1. The summed E-state index contributed by atoms with van der Waals surface area (Å²) in [7, 11) is -3.60. The number of hydrogen-bond acceptors (Lipinski definition) is 4. The molecule has 0 spiro atoms. The predicted molar refractivity (Wildman–Crippen MR) is 123 cm³/mol. The van der Waals surface area contributed by atoms with Gasteiger partial charge in [-0.05, 0) is 55.7 Å². The number of nitrogens with one attached hydrogen (secondary N) is 1. The summed E-state index contributed by atoms with van der Waals surface area (Å²) in [6, 6.07) is 13.9. The molecule has 168 valence electrons. The second-order valence-corrected chi connectivity index (χ2v) is 10.0. The van der Waals surface area contributed by atoms with E-state index < -0.39 is 10.0 Å². The average Bonchev–Trinajstić information content (AvgIpc) is 3.20. The van der Waals surface area contributed by atoms with Crippen LogP contribution in [0.5, 0.6) is 0 Å². The lowest BCUT2D eigenvalue weighted by molar-refractivity contribution is 0.0939. The molecule has 0 saturated carbocycles. The molecule has 1 aromatic heterocycles. The number of rotatable bonds is 6. The summed E-state index contributed by atoms with van der Waals surface area (Å²) >= 11 is 0. The van der Waals surface area contributed by atoms with Crippen LogP contribution >= 0.6 is 0 Å². The van der Waals surface area contributed by atoms with Gasteiger partial charge in [0.05, 0.1) is 17.3 Å². The van der Waals surface area contributed by atoms with Gasteiger partial charge in [0.1, 0.15) is 0 Å². The monoisotopic (exact) mass is 452 g/mol. The number of carbonyl (C=O) groups excluding carboxylic acids is 1. The number of carbonyl (C=O) groups is 1. The minimum absolute atomic E-state index is 0.171. The van der Waals surface area contributed by atoms with Crippen molar-refractivity contribution in [2.24, 2.45) is 0 Å². The molecule has 1 saturated heterocycles. The Kier molecular flexibility index (Phi) is 6.72. The molecule has 0 aliphatic carbocycles. The molecule has 4 rings (SSSR count). The number of benzene rings is 2. The first-order valence-corrected chi connectivity index (χ1v) is 12.4. The molecule has 7 nitrogen and oxygen atoms in total. The number of aromatic nitrogens is 2. The SMILES string of the molecule is CC(NC(=O)c1cccc(S(=O)(=O)N2CCCCCC2)c1)c1ccc(-n2ccnc2)cc1. The van der Waals surface area contributed by atoms with E-state index in [0.29, 0.717) is 18.7 Å². The molecule has 1 aliphatic rings. The first-order chi connectivity index (χ1) is 15.4. The Morgan fingerprint density at radius 3 is 2.41 bits per heavy atom. The van der Waals surface area contributed by atoms with Crippen LogP contribution in [0.2, 0.25) is 0 Å². The fraction of sp³-hybridized carbons (Fsp3) is 0.333. The molecule has 1 amide bonds. The van der Waals surface area contributed by atoms with Crippen LogP contribution in [-0.2, 0) is 10.0 Å². The van der Waals surface area contributed by atoms with Crippen LogP contribution in [0.1, 0.15) is 54.6 Å². The summed E-state index contributed by atoms with van der Waals surface area (Å²) in [6.07, 6.45) is 9.16. The van der Waals surface area contributed by atoms with Gasteiger partial charge >= 0.3 is 0 Å². The third-order valence-electron chi connectivity index (χ3n) is 5.84. The number of hydrogen-bond donors (Lipinski definition) is 1. The van der Waals surface area contributed by atoms with Gasteiger partial charge < -0.3 is 9.88 Å². The molecular formula is C24H28N4O3S. The van der Waals surface area contributed by atoms with Gasteiger partial charge in [0, 0.05) is 36.7 Å². The zero-order chi connectivity index (χ0) is 22.6. The highest BCUT2D eigenvalue weighted by Crippen LogP contribution is 2.22. The van der Waals surface area contributed by atoms with Crippen molar-refractivity contribution in [1.29, 1.82) is 0 Å². The molecule has 8 heteroatoms. The van der Waals surface area contributed by atoms with Crippen molar-refractivity contribution in [3.63, 3.8) is 0 Å². The van der Waals surface area contributed by atoms with Crippen LogP contribution in [0, 0.1) is 0 Å². The van der Waals surface area contributed by atoms with Crippen molar-refractivity contribution in [2.75, 3.05) is 13.1 Å². The molecule has 0 radical (unpaired) electrons. The third kappa shape index (κ3) is 4.92. The quantitative estimate of drug-likeness (QED) is 0.614. The first-order valence-electron chi connectivity index (χ1n) is 10.9. The molecule has 3 aromatic rings. The highest BCUT2D eigenvalue weighted by Gasteiger charge is 2.26. The van der Waals surface area contributed by atoms with E-state index in [2.05, 4.69) is 10.3 Å². The Morgan fingerprint density at radius 2 is 1.75 bits per heavy atom. The van der Waals surface area contributed by atoms with Crippen molar-refractivity contribution in [3.05, 3.63) is 78.4 Å².